The number of rotatable bonds is 6. The van der Waals surface area contributed by atoms with Crippen LogP contribution in [-0.2, 0) is 11.2 Å². The molecule has 1 aliphatic rings. The van der Waals surface area contributed by atoms with Gasteiger partial charge in [0, 0.05) is 30.2 Å². The van der Waals surface area contributed by atoms with E-state index in [2.05, 4.69) is 5.32 Å². The van der Waals surface area contributed by atoms with Crippen LogP contribution >= 0.6 is 35.0 Å². The number of nitrogens with one attached hydrogen (secondary N) is 1. The van der Waals surface area contributed by atoms with Gasteiger partial charge in [0.25, 0.3) is 0 Å². The number of aliphatic carboxylic acids is 1. The molecule has 0 amide bonds. The summed E-state index contributed by atoms with van der Waals surface area (Å²) in [4.78, 5) is 23.5. The van der Waals surface area contributed by atoms with E-state index >= 15 is 0 Å². The van der Waals surface area contributed by atoms with Crippen LogP contribution in [0, 0.1) is 0 Å². The summed E-state index contributed by atoms with van der Waals surface area (Å²) < 4.78 is 5.30. The van der Waals surface area contributed by atoms with Gasteiger partial charge in [-0.05, 0) is 19.2 Å². The predicted molar refractivity (Wildman–Crippen MR) is 91.8 cm³/mol. The van der Waals surface area contributed by atoms with E-state index in [1.165, 1.54) is 17.8 Å². The fraction of sp³-hybridized carbons (Fsp3) is 0.333. The molecule has 5 nitrogen and oxygen atoms in total. The van der Waals surface area contributed by atoms with E-state index in [1.807, 2.05) is 13.2 Å². The number of allylic oxidation sites excluding steroid dienone is 1. The molecule has 0 aliphatic carbocycles. The molecule has 0 fully saturated rings. The number of thioether (sulfide) groups is 1. The van der Waals surface area contributed by atoms with E-state index in [0.717, 1.165) is 0 Å². The lowest BCUT2D eigenvalue weighted by atomic mass is 10.0. The Morgan fingerprint density at radius 3 is 2.74 bits per heavy atom. The molecule has 23 heavy (non-hydrogen) atoms. The smallest absolute Gasteiger partial charge is 0.345 e. The van der Waals surface area contributed by atoms with Crippen molar-refractivity contribution in [3.05, 3.63) is 38.3 Å². The first-order chi connectivity index (χ1) is 10.9. The predicted octanol–water partition coefficient (Wildman–Crippen LogP) is 3.38. The molecule has 1 aromatic rings. The van der Waals surface area contributed by atoms with Gasteiger partial charge >= 0.3 is 5.97 Å². The molecule has 8 heteroatoms. The highest BCUT2D eigenvalue weighted by Gasteiger charge is 2.33. The van der Waals surface area contributed by atoms with Crippen molar-refractivity contribution in [2.45, 2.75) is 19.4 Å². The monoisotopic (exact) mass is 375 g/mol. The van der Waals surface area contributed by atoms with E-state index in [0.29, 0.717) is 17.1 Å². The molecule has 2 rings (SSSR count). The normalized spacial score (nSPS) is 16.7. The number of carbonyl (C=O) groups is 2. The van der Waals surface area contributed by atoms with Crippen LogP contribution in [0.3, 0.4) is 0 Å². The van der Waals surface area contributed by atoms with Gasteiger partial charge in [0.1, 0.15) is 10.8 Å². The summed E-state index contributed by atoms with van der Waals surface area (Å²) >= 11 is 13.7. The number of carboxylic acid groups (broad SMARTS) is 1. The average Bonchev–Trinajstić information content (AvgIpc) is 2.94. The molecule has 1 aliphatic heterocycles. The van der Waals surface area contributed by atoms with Gasteiger partial charge in [-0.3, -0.25) is 4.79 Å². The minimum atomic E-state index is -1.09. The molecular weight excluding hydrogens is 361 g/mol. The maximum absolute atomic E-state index is 12.4. The first-order valence-corrected chi connectivity index (χ1v) is 8.81. The van der Waals surface area contributed by atoms with Gasteiger partial charge in [-0.1, -0.05) is 23.2 Å². The van der Waals surface area contributed by atoms with E-state index in [9.17, 15) is 9.59 Å². The third-order valence-corrected chi connectivity index (χ3v) is 4.83. The van der Waals surface area contributed by atoms with Crippen molar-refractivity contribution in [2.75, 3.05) is 12.8 Å². The van der Waals surface area contributed by atoms with Gasteiger partial charge in [-0.15, -0.1) is 11.8 Å². The van der Waals surface area contributed by atoms with E-state index in [-0.39, 0.29) is 33.6 Å². The molecule has 0 bridgehead atoms. The van der Waals surface area contributed by atoms with Crippen LogP contribution in [0.15, 0.2) is 17.2 Å². The SMILES string of the molecule is CCNC(=CC(=O)c1cc2c(c(Cl)c1Cl)OC(C(=O)O)C2)SC. The zero-order valence-electron chi connectivity index (χ0n) is 12.5. The molecule has 0 saturated carbocycles. The summed E-state index contributed by atoms with van der Waals surface area (Å²) in [6, 6.07) is 1.55. The molecular formula is C15H15Cl2NO4S. The Morgan fingerprint density at radius 2 is 2.17 bits per heavy atom. The second kappa shape index (κ2) is 7.47. The molecule has 2 N–H and O–H groups in total. The second-order valence-corrected chi connectivity index (χ2v) is 6.40. The van der Waals surface area contributed by atoms with Gasteiger partial charge in [-0.2, -0.15) is 0 Å². The number of fused-ring (bicyclic) bond motifs is 1. The molecule has 0 aromatic heterocycles. The highest BCUT2D eigenvalue weighted by atomic mass is 35.5. The van der Waals surface area contributed by atoms with Crippen LogP contribution in [0.2, 0.25) is 10.0 Å². The fourth-order valence-electron chi connectivity index (χ4n) is 2.19. The van der Waals surface area contributed by atoms with Gasteiger partial charge in [-0.25, -0.2) is 4.79 Å². The molecule has 1 atom stereocenters. The topological polar surface area (TPSA) is 75.6 Å². The number of ether oxygens (including phenoxy) is 1. The van der Waals surface area contributed by atoms with Crippen molar-refractivity contribution in [1.82, 2.24) is 5.32 Å². The number of benzene rings is 1. The Labute approximate surface area is 148 Å². The summed E-state index contributed by atoms with van der Waals surface area (Å²) in [5, 5.41) is 13.0. The second-order valence-electron chi connectivity index (χ2n) is 4.80. The lowest BCUT2D eigenvalue weighted by Gasteiger charge is -2.10. The Morgan fingerprint density at radius 1 is 1.48 bits per heavy atom. The molecule has 0 saturated heterocycles. The van der Waals surface area contributed by atoms with Gasteiger partial charge in [0.15, 0.2) is 11.9 Å². The Bertz CT molecular complexity index is 691. The minimum Gasteiger partial charge on any atom is -0.478 e. The van der Waals surface area contributed by atoms with Gasteiger partial charge < -0.3 is 15.2 Å². The molecule has 124 valence electrons. The number of ketones is 1. The summed E-state index contributed by atoms with van der Waals surface area (Å²) in [6.45, 7) is 2.61. The summed E-state index contributed by atoms with van der Waals surface area (Å²) in [5.74, 6) is -1.15. The van der Waals surface area contributed by atoms with Crippen molar-refractivity contribution in [1.29, 1.82) is 0 Å². The Kier molecular flexibility index (Phi) is 5.84. The quantitative estimate of drug-likeness (QED) is 0.586. The maximum Gasteiger partial charge on any atom is 0.345 e. The van der Waals surface area contributed by atoms with Crippen molar-refractivity contribution in [2.24, 2.45) is 0 Å². The molecule has 1 unspecified atom stereocenters. The Balaban J connectivity index is 2.39. The maximum atomic E-state index is 12.4. The van der Waals surface area contributed by atoms with Gasteiger partial charge in [0.05, 0.1) is 10.1 Å². The Hall–Kier alpha value is -1.37. The first kappa shape index (κ1) is 18.0. The standard InChI is InChI=1S/C15H15Cl2NO4S/c1-3-18-11(23-2)6-9(19)8-4-7-5-10(15(20)21)22-14(7)13(17)12(8)16/h4,6,10,18H,3,5H2,1-2H3,(H,20,21). The molecule has 1 heterocycles. The number of carboxylic acids is 1. The fourth-order valence-corrected chi connectivity index (χ4v) is 3.21. The largest absolute Gasteiger partial charge is 0.478 e. The zero-order valence-corrected chi connectivity index (χ0v) is 14.8. The van der Waals surface area contributed by atoms with Crippen molar-refractivity contribution >= 4 is 46.7 Å². The van der Waals surface area contributed by atoms with E-state index in [4.69, 9.17) is 33.0 Å². The zero-order chi connectivity index (χ0) is 17.1. The number of hydrogen-bond acceptors (Lipinski definition) is 5. The van der Waals surface area contributed by atoms with Gasteiger partial charge in [0.2, 0.25) is 0 Å². The summed E-state index contributed by atoms with van der Waals surface area (Å²) in [7, 11) is 0. The summed E-state index contributed by atoms with van der Waals surface area (Å²) in [5.41, 5.74) is 0.798. The third kappa shape index (κ3) is 3.76. The highest BCUT2D eigenvalue weighted by Crippen LogP contribution is 2.42. The summed E-state index contributed by atoms with van der Waals surface area (Å²) in [6.07, 6.45) is 2.43. The number of halogens is 2. The van der Waals surface area contributed by atoms with E-state index < -0.39 is 12.1 Å². The molecule has 0 spiro atoms. The van der Waals surface area contributed by atoms with Crippen LogP contribution in [0.5, 0.6) is 5.75 Å². The minimum absolute atomic E-state index is 0.0645. The van der Waals surface area contributed by atoms with Crippen LogP contribution in [0.25, 0.3) is 0 Å². The first-order valence-electron chi connectivity index (χ1n) is 6.83. The third-order valence-electron chi connectivity index (χ3n) is 3.28. The van der Waals surface area contributed by atoms with Crippen LogP contribution < -0.4 is 10.1 Å². The molecule has 1 aromatic carbocycles. The van der Waals surface area contributed by atoms with Crippen molar-refractivity contribution in [3.63, 3.8) is 0 Å². The van der Waals surface area contributed by atoms with Crippen LogP contribution in [0.1, 0.15) is 22.8 Å². The number of hydrogen-bond donors (Lipinski definition) is 2. The van der Waals surface area contributed by atoms with Crippen molar-refractivity contribution in [3.8, 4) is 5.75 Å². The number of carbonyl (C=O) groups excluding carboxylic acids is 1. The molecule has 0 radical (unpaired) electrons. The van der Waals surface area contributed by atoms with E-state index in [1.54, 1.807) is 6.07 Å². The lowest BCUT2D eigenvalue weighted by Crippen LogP contribution is -2.24. The highest BCUT2D eigenvalue weighted by molar-refractivity contribution is 8.02. The van der Waals surface area contributed by atoms with Crippen molar-refractivity contribution < 1.29 is 19.4 Å². The lowest BCUT2D eigenvalue weighted by molar-refractivity contribution is -0.144. The van der Waals surface area contributed by atoms with Crippen LogP contribution in [0.4, 0.5) is 0 Å². The average molecular weight is 376 g/mol. The van der Waals surface area contributed by atoms with Crippen LogP contribution in [-0.4, -0.2) is 35.8 Å².